The van der Waals surface area contributed by atoms with Crippen LogP contribution in [0.4, 0.5) is 0 Å². The van der Waals surface area contributed by atoms with E-state index in [2.05, 4.69) is 45.1 Å². The van der Waals surface area contributed by atoms with Crippen LogP contribution in [-0.4, -0.2) is 0 Å². The molecule has 64 valence electrons. The second-order valence-corrected chi connectivity index (χ2v) is 3.41. The predicted molar refractivity (Wildman–Crippen MR) is 52.6 cm³/mol. The van der Waals surface area contributed by atoms with Crippen molar-refractivity contribution in [2.75, 3.05) is 0 Å². The van der Waals surface area contributed by atoms with Gasteiger partial charge < -0.3 is 0 Å². The third kappa shape index (κ3) is 5.90. The van der Waals surface area contributed by atoms with Crippen molar-refractivity contribution in [3.63, 3.8) is 0 Å². The van der Waals surface area contributed by atoms with Crippen LogP contribution < -0.4 is 0 Å². The van der Waals surface area contributed by atoms with E-state index in [0.717, 1.165) is 11.8 Å². The van der Waals surface area contributed by atoms with Crippen molar-refractivity contribution in [3.8, 4) is 0 Å². The summed E-state index contributed by atoms with van der Waals surface area (Å²) in [5.41, 5.74) is 0. The maximum Gasteiger partial charge on any atom is -0.0319 e. The van der Waals surface area contributed by atoms with Crippen LogP contribution in [-0.2, 0) is 0 Å². The smallest absolute Gasteiger partial charge is 0.0319 e. The maximum absolute atomic E-state index is 2.30. The van der Waals surface area contributed by atoms with Gasteiger partial charge in [0.05, 0.1) is 0 Å². The molecule has 0 aliphatic rings. The third-order valence-electron chi connectivity index (χ3n) is 2.09. The molecule has 0 rings (SSSR count). The molecule has 0 spiro atoms. The van der Waals surface area contributed by atoms with E-state index in [0.29, 0.717) is 0 Å². The van der Waals surface area contributed by atoms with Crippen molar-refractivity contribution in [1.29, 1.82) is 0 Å². The van der Waals surface area contributed by atoms with Gasteiger partial charge in [-0.3, -0.25) is 0 Å². The van der Waals surface area contributed by atoms with Crippen LogP contribution in [0.3, 0.4) is 0 Å². The van der Waals surface area contributed by atoms with Crippen LogP contribution in [0.15, 0.2) is 24.3 Å². The normalized spacial score (nSPS) is 15.4. The largest absolute Gasteiger partial charge is 0.0877 e. The van der Waals surface area contributed by atoms with Crippen LogP contribution in [0.2, 0.25) is 0 Å². The molecular weight excluding hydrogens is 132 g/mol. The summed E-state index contributed by atoms with van der Waals surface area (Å²) in [5, 5.41) is 0. The Bertz CT molecular complexity index is 129. The fraction of sp³-hybridized carbons (Fsp3) is 0.636. The van der Waals surface area contributed by atoms with Gasteiger partial charge in [0.2, 0.25) is 0 Å². The Hall–Kier alpha value is -0.520. The van der Waals surface area contributed by atoms with Gasteiger partial charge in [0, 0.05) is 0 Å². The highest BCUT2D eigenvalue weighted by molar-refractivity contribution is 5.01. The second kappa shape index (κ2) is 6.21. The number of hydrogen-bond donors (Lipinski definition) is 0. The molecule has 0 amide bonds. The van der Waals surface area contributed by atoms with E-state index >= 15 is 0 Å². The molecule has 0 saturated carbocycles. The van der Waals surface area contributed by atoms with Crippen LogP contribution >= 0.6 is 0 Å². The van der Waals surface area contributed by atoms with Crippen LogP contribution in [0.25, 0.3) is 0 Å². The van der Waals surface area contributed by atoms with Gasteiger partial charge >= 0.3 is 0 Å². The van der Waals surface area contributed by atoms with E-state index in [-0.39, 0.29) is 0 Å². The summed E-state index contributed by atoms with van der Waals surface area (Å²) < 4.78 is 0. The standard InChI is InChI=1S/C11H20/c1-5-6-7-8-9-11(4)10(2)3/h5-8,10-11H,9H2,1-4H3/b6-5-,8-7-. The van der Waals surface area contributed by atoms with Gasteiger partial charge in [-0.05, 0) is 25.2 Å². The first-order valence-corrected chi connectivity index (χ1v) is 4.46. The monoisotopic (exact) mass is 152 g/mol. The summed E-state index contributed by atoms with van der Waals surface area (Å²) in [6.07, 6.45) is 9.69. The van der Waals surface area contributed by atoms with Gasteiger partial charge in [0.25, 0.3) is 0 Å². The quantitative estimate of drug-likeness (QED) is 0.537. The molecule has 1 atom stereocenters. The molecule has 0 aromatic heterocycles. The molecular formula is C11H20. The van der Waals surface area contributed by atoms with Gasteiger partial charge in [-0.25, -0.2) is 0 Å². The number of rotatable bonds is 4. The molecule has 0 N–H and O–H groups in total. The Balaban J connectivity index is 3.52. The maximum atomic E-state index is 2.30. The molecule has 0 aromatic carbocycles. The molecule has 0 heterocycles. The zero-order valence-electron chi connectivity index (χ0n) is 8.17. The lowest BCUT2D eigenvalue weighted by molar-refractivity contribution is 0.424. The van der Waals surface area contributed by atoms with E-state index in [1.807, 2.05) is 6.92 Å². The van der Waals surface area contributed by atoms with Gasteiger partial charge in [-0.1, -0.05) is 45.1 Å². The zero-order chi connectivity index (χ0) is 8.69. The molecule has 11 heavy (non-hydrogen) atoms. The molecule has 0 bridgehead atoms. The summed E-state index contributed by atoms with van der Waals surface area (Å²) in [7, 11) is 0. The fourth-order valence-corrected chi connectivity index (χ4v) is 0.755. The Morgan fingerprint density at radius 3 is 2.18 bits per heavy atom. The van der Waals surface area contributed by atoms with Crippen molar-refractivity contribution >= 4 is 0 Å². The molecule has 0 fully saturated rings. The van der Waals surface area contributed by atoms with E-state index in [4.69, 9.17) is 0 Å². The lowest BCUT2D eigenvalue weighted by Crippen LogP contribution is -2.01. The van der Waals surface area contributed by atoms with Crippen LogP contribution in [0, 0.1) is 11.8 Å². The summed E-state index contributed by atoms with van der Waals surface area (Å²) in [4.78, 5) is 0. The molecule has 1 unspecified atom stereocenters. The topological polar surface area (TPSA) is 0 Å². The van der Waals surface area contributed by atoms with Gasteiger partial charge in [-0.2, -0.15) is 0 Å². The van der Waals surface area contributed by atoms with Crippen molar-refractivity contribution in [2.24, 2.45) is 11.8 Å². The molecule has 0 radical (unpaired) electrons. The lowest BCUT2D eigenvalue weighted by atomic mass is 9.95. The number of hydrogen-bond acceptors (Lipinski definition) is 0. The minimum atomic E-state index is 0.797. The van der Waals surface area contributed by atoms with Crippen molar-refractivity contribution in [1.82, 2.24) is 0 Å². The Labute approximate surface area is 71.0 Å². The highest BCUT2D eigenvalue weighted by atomic mass is 14.1. The zero-order valence-corrected chi connectivity index (χ0v) is 8.17. The van der Waals surface area contributed by atoms with Gasteiger partial charge in [-0.15, -0.1) is 0 Å². The average Bonchev–Trinajstić information content (AvgIpc) is 1.97. The van der Waals surface area contributed by atoms with Crippen LogP contribution in [0.5, 0.6) is 0 Å². The summed E-state index contributed by atoms with van der Waals surface area (Å²) in [6.45, 7) is 8.88. The molecule has 0 aliphatic carbocycles. The highest BCUT2D eigenvalue weighted by Crippen LogP contribution is 2.13. The fourth-order valence-electron chi connectivity index (χ4n) is 0.755. The lowest BCUT2D eigenvalue weighted by Gasteiger charge is -2.11. The van der Waals surface area contributed by atoms with E-state index in [1.165, 1.54) is 6.42 Å². The third-order valence-corrected chi connectivity index (χ3v) is 2.09. The first-order valence-electron chi connectivity index (χ1n) is 4.46. The van der Waals surface area contributed by atoms with Crippen molar-refractivity contribution in [3.05, 3.63) is 24.3 Å². The van der Waals surface area contributed by atoms with E-state index < -0.39 is 0 Å². The first kappa shape index (κ1) is 10.5. The summed E-state index contributed by atoms with van der Waals surface area (Å²) >= 11 is 0. The number of allylic oxidation sites excluding steroid dienone is 4. The Morgan fingerprint density at radius 1 is 1.09 bits per heavy atom. The SMILES string of the molecule is C/C=C\C=C/CC(C)C(C)C. The molecule has 0 saturated heterocycles. The molecule has 0 aliphatic heterocycles. The second-order valence-electron chi connectivity index (χ2n) is 3.41. The molecule has 0 aromatic rings. The highest BCUT2D eigenvalue weighted by Gasteiger charge is 2.02. The predicted octanol–water partition coefficient (Wildman–Crippen LogP) is 3.80. The minimum absolute atomic E-state index is 0.797. The average molecular weight is 152 g/mol. The molecule has 0 heteroatoms. The van der Waals surface area contributed by atoms with Crippen molar-refractivity contribution in [2.45, 2.75) is 34.1 Å². The Kier molecular flexibility index (Phi) is 5.91. The molecule has 0 nitrogen and oxygen atoms in total. The first-order chi connectivity index (χ1) is 5.18. The van der Waals surface area contributed by atoms with Crippen LogP contribution in [0.1, 0.15) is 34.1 Å². The summed E-state index contributed by atoms with van der Waals surface area (Å²) in [5.74, 6) is 1.60. The Morgan fingerprint density at radius 2 is 1.73 bits per heavy atom. The van der Waals surface area contributed by atoms with Gasteiger partial charge in [0.1, 0.15) is 0 Å². The van der Waals surface area contributed by atoms with E-state index in [1.54, 1.807) is 0 Å². The minimum Gasteiger partial charge on any atom is -0.0877 e. The van der Waals surface area contributed by atoms with Gasteiger partial charge in [0.15, 0.2) is 0 Å². The van der Waals surface area contributed by atoms with Crippen molar-refractivity contribution < 1.29 is 0 Å². The summed E-state index contributed by atoms with van der Waals surface area (Å²) in [6, 6.07) is 0. The van der Waals surface area contributed by atoms with E-state index in [9.17, 15) is 0 Å².